The van der Waals surface area contributed by atoms with Gasteiger partial charge in [0.2, 0.25) is 0 Å². The van der Waals surface area contributed by atoms with E-state index in [1.54, 1.807) is 23.1 Å². The third-order valence-corrected chi connectivity index (χ3v) is 7.89. The largest absolute Gasteiger partial charge is 0.490 e. The second-order valence-corrected chi connectivity index (χ2v) is 11.9. The zero-order valence-electron chi connectivity index (χ0n) is 26.0. The van der Waals surface area contributed by atoms with Crippen molar-refractivity contribution in [3.05, 3.63) is 66.2 Å². The van der Waals surface area contributed by atoms with Crippen LogP contribution in [0, 0.1) is 5.92 Å². The minimum Gasteiger partial charge on any atom is -0.490 e. The van der Waals surface area contributed by atoms with Gasteiger partial charge in [-0.05, 0) is 76.9 Å². The summed E-state index contributed by atoms with van der Waals surface area (Å²) in [6.45, 7) is 7.49. The predicted molar refractivity (Wildman–Crippen MR) is 172 cm³/mol. The summed E-state index contributed by atoms with van der Waals surface area (Å²) in [6.07, 6.45) is 2.48. The summed E-state index contributed by atoms with van der Waals surface area (Å²) < 4.78 is 12.6. The van der Waals surface area contributed by atoms with Gasteiger partial charge in [0.25, 0.3) is 5.91 Å². The van der Waals surface area contributed by atoms with Crippen molar-refractivity contribution in [2.24, 2.45) is 5.92 Å². The van der Waals surface area contributed by atoms with Crippen LogP contribution in [0.25, 0.3) is 10.8 Å². The van der Waals surface area contributed by atoms with Gasteiger partial charge in [-0.25, -0.2) is 4.79 Å². The quantitative estimate of drug-likeness (QED) is 0.333. The van der Waals surface area contributed by atoms with E-state index in [4.69, 9.17) is 9.47 Å². The minimum absolute atomic E-state index is 0.0133. The van der Waals surface area contributed by atoms with Gasteiger partial charge in [0, 0.05) is 36.7 Å². The number of amides is 3. The lowest BCUT2D eigenvalue weighted by Gasteiger charge is -2.35. The molecule has 3 amide bonds. The van der Waals surface area contributed by atoms with E-state index < -0.39 is 12.1 Å². The lowest BCUT2D eigenvalue weighted by atomic mass is 10.0. The maximum atomic E-state index is 14.2. The fourth-order valence-electron chi connectivity index (χ4n) is 5.44. The summed E-state index contributed by atoms with van der Waals surface area (Å²) in [7, 11) is 4.03. The molecular formula is C34H46N4O5. The first kappa shape index (κ1) is 32.3. The molecule has 0 aliphatic carbocycles. The molecule has 3 N–H and O–H groups in total. The SMILES string of the molecule is C[C@@H]1CCCCO[C@@H](CN(C)C)[C@H](C)CN([C@@H](C)CO)C(=O)c2cc(NC(=O)Nc3cccc4ccccc34)ccc2O1. The number of nitrogens with one attached hydrogen (secondary N) is 2. The number of carbonyl (C=O) groups is 2. The summed E-state index contributed by atoms with van der Waals surface area (Å²) in [5, 5.41) is 17.9. The van der Waals surface area contributed by atoms with E-state index in [0.717, 1.165) is 36.6 Å². The Kier molecular flexibility index (Phi) is 11.4. The van der Waals surface area contributed by atoms with E-state index >= 15 is 0 Å². The highest BCUT2D eigenvalue weighted by atomic mass is 16.5. The molecule has 3 aromatic rings. The number of ether oxygens (including phenoxy) is 2. The Morgan fingerprint density at radius 2 is 1.84 bits per heavy atom. The van der Waals surface area contributed by atoms with E-state index in [1.807, 2.05) is 70.4 Å². The Bertz CT molecular complexity index is 1370. The number of hydrogen-bond donors (Lipinski definition) is 3. The zero-order chi connectivity index (χ0) is 30.9. The fraction of sp³-hybridized carbons (Fsp3) is 0.471. The van der Waals surface area contributed by atoms with Crippen LogP contribution < -0.4 is 15.4 Å². The van der Waals surface area contributed by atoms with Gasteiger partial charge in [-0.2, -0.15) is 0 Å². The van der Waals surface area contributed by atoms with Crippen LogP contribution in [0.1, 0.15) is 50.4 Å². The molecule has 0 spiro atoms. The van der Waals surface area contributed by atoms with Crippen LogP contribution >= 0.6 is 0 Å². The number of benzene rings is 3. The fourth-order valence-corrected chi connectivity index (χ4v) is 5.44. The third kappa shape index (κ3) is 8.69. The topological polar surface area (TPSA) is 103 Å². The van der Waals surface area contributed by atoms with Crippen molar-refractivity contribution in [2.45, 2.75) is 58.3 Å². The van der Waals surface area contributed by atoms with Crippen LogP contribution in [0.4, 0.5) is 16.2 Å². The Hall–Kier alpha value is -3.66. The average molecular weight is 591 g/mol. The Labute approximate surface area is 255 Å². The van der Waals surface area contributed by atoms with Crippen molar-refractivity contribution in [3.8, 4) is 5.75 Å². The van der Waals surface area contributed by atoms with Crippen molar-refractivity contribution in [3.63, 3.8) is 0 Å². The molecular weight excluding hydrogens is 544 g/mol. The number of nitrogens with zero attached hydrogens (tertiary/aromatic N) is 2. The molecule has 4 rings (SSSR count). The lowest BCUT2D eigenvalue weighted by molar-refractivity contribution is -0.0137. The van der Waals surface area contributed by atoms with Crippen molar-refractivity contribution < 1.29 is 24.2 Å². The Morgan fingerprint density at radius 1 is 1.07 bits per heavy atom. The first-order chi connectivity index (χ1) is 20.7. The predicted octanol–water partition coefficient (Wildman–Crippen LogP) is 5.84. The van der Waals surface area contributed by atoms with E-state index in [-0.39, 0.29) is 30.6 Å². The highest BCUT2D eigenvalue weighted by Crippen LogP contribution is 2.29. The van der Waals surface area contributed by atoms with Crippen molar-refractivity contribution in [1.82, 2.24) is 9.80 Å². The van der Waals surface area contributed by atoms with Crippen LogP contribution in [-0.2, 0) is 4.74 Å². The zero-order valence-corrected chi connectivity index (χ0v) is 26.0. The summed E-state index contributed by atoms with van der Waals surface area (Å²) in [5.41, 5.74) is 1.48. The highest BCUT2D eigenvalue weighted by molar-refractivity contribution is 6.07. The molecule has 0 bridgehead atoms. The van der Waals surface area contributed by atoms with Gasteiger partial charge in [-0.3, -0.25) is 4.79 Å². The molecule has 1 heterocycles. The molecule has 4 atom stereocenters. The number of fused-ring (bicyclic) bond motifs is 2. The van der Waals surface area contributed by atoms with Crippen molar-refractivity contribution in [2.75, 3.05) is 51.0 Å². The first-order valence-electron chi connectivity index (χ1n) is 15.2. The molecule has 43 heavy (non-hydrogen) atoms. The van der Waals surface area contributed by atoms with E-state index in [1.165, 1.54) is 0 Å². The second kappa shape index (κ2) is 15.2. The normalized spacial score (nSPS) is 21.0. The second-order valence-electron chi connectivity index (χ2n) is 11.9. The maximum absolute atomic E-state index is 14.2. The maximum Gasteiger partial charge on any atom is 0.323 e. The smallest absolute Gasteiger partial charge is 0.323 e. The highest BCUT2D eigenvalue weighted by Gasteiger charge is 2.30. The average Bonchev–Trinajstić information content (AvgIpc) is 2.98. The molecule has 0 fully saturated rings. The summed E-state index contributed by atoms with van der Waals surface area (Å²) in [6, 6.07) is 17.9. The van der Waals surface area contributed by atoms with E-state index in [0.29, 0.717) is 35.8 Å². The van der Waals surface area contributed by atoms with E-state index in [9.17, 15) is 14.7 Å². The van der Waals surface area contributed by atoms with Gasteiger partial charge in [0.15, 0.2) is 0 Å². The number of carbonyl (C=O) groups excluding carboxylic acids is 2. The van der Waals surface area contributed by atoms with E-state index in [2.05, 4.69) is 22.5 Å². The van der Waals surface area contributed by atoms with Crippen LogP contribution in [0.5, 0.6) is 5.75 Å². The summed E-state index contributed by atoms with van der Waals surface area (Å²) >= 11 is 0. The minimum atomic E-state index is -0.431. The molecule has 0 unspecified atom stereocenters. The summed E-state index contributed by atoms with van der Waals surface area (Å²) in [5.74, 6) is 0.201. The van der Waals surface area contributed by atoms with Gasteiger partial charge in [-0.1, -0.05) is 43.3 Å². The van der Waals surface area contributed by atoms with Crippen LogP contribution in [0.15, 0.2) is 60.7 Å². The molecule has 3 aromatic carbocycles. The molecule has 0 aromatic heterocycles. The first-order valence-corrected chi connectivity index (χ1v) is 15.2. The third-order valence-electron chi connectivity index (χ3n) is 7.89. The molecule has 1 aliphatic heterocycles. The van der Waals surface area contributed by atoms with Gasteiger partial charge in [-0.15, -0.1) is 0 Å². The van der Waals surface area contributed by atoms with Gasteiger partial charge >= 0.3 is 6.03 Å². The molecule has 232 valence electrons. The van der Waals surface area contributed by atoms with Crippen molar-refractivity contribution >= 4 is 34.1 Å². The monoisotopic (exact) mass is 590 g/mol. The molecule has 0 radical (unpaired) electrons. The number of likely N-dealkylation sites (N-methyl/N-ethyl adjacent to an activating group) is 1. The number of aliphatic hydroxyl groups excluding tert-OH is 1. The molecule has 9 heteroatoms. The summed E-state index contributed by atoms with van der Waals surface area (Å²) in [4.78, 5) is 31.1. The number of anilines is 2. The Morgan fingerprint density at radius 3 is 2.60 bits per heavy atom. The Balaban J connectivity index is 1.63. The van der Waals surface area contributed by atoms with Gasteiger partial charge < -0.3 is 35.0 Å². The van der Waals surface area contributed by atoms with Gasteiger partial charge in [0.1, 0.15) is 5.75 Å². The van der Waals surface area contributed by atoms with Crippen LogP contribution in [0.2, 0.25) is 0 Å². The lowest BCUT2D eigenvalue weighted by Crippen LogP contribution is -2.47. The molecule has 0 saturated heterocycles. The number of urea groups is 1. The van der Waals surface area contributed by atoms with Crippen molar-refractivity contribution in [1.29, 1.82) is 0 Å². The van der Waals surface area contributed by atoms with Crippen LogP contribution in [0.3, 0.4) is 0 Å². The molecule has 0 saturated carbocycles. The van der Waals surface area contributed by atoms with Gasteiger partial charge in [0.05, 0.1) is 36.1 Å². The van der Waals surface area contributed by atoms with Crippen LogP contribution in [-0.4, -0.2) is 85.5 Å². The molecule has 9 nitrogen and oxygen atoms in total. The number of rotatable bonds is 6. The number of aliphatic hydroxyl groups is 1. The standard InChI is InChI=1S/C34H46N4O5/c1-23-20-38(24(2)22-39)33(40)29-19-27(35-34(41)36-30-15-10-13-26-12-6-7-14-28(26)30)16-17-31(29)43-25(3)11-8-9-18-42-32(23)21-37(4)5/h6-7,10,12-17,19,23-25,32,39H,8-9,11,18,20-22H2,1-5H3,(H2,35,36,41)/t23-,24+,25-,32+/m1/s1. The molecule has 1 aliphatic rings. The number of hydrogen-bond acceptors (Lipinski definition) is 6.